The summed E-state index contributed by atoms with van der Waals surface area (Å²) in [6.45, 7) is 0.953. The number of rotatable bonds is 8. The van der Waals surface area contributed by atoms with Gasteiger partial charge in [0, 0.05) is 33.7 Å². The average molecular weight is 622 g/mol. The maximum atomic E-state index is 13.9. The SMILES string of the molecule is C[C@](C#N)(COc1cc(Cl)ccc1Oc1cc(F)cc(F)c1Br)NC(=O)c1ccc(SC(F)(F)F)cc1. The number of amides is 1. The van der Waals surface area contributed by atoms with Crippen molar-refractivity contribution in [2.75, 3.05) is 6.61 Å². The van der Waals surface area contributed by atoms with Crippen LogP contribution in [0.4, 0.5) is 22.0 Å². The normalized spacial score (nSPS) is 12.8. The van der Waals surface area contributed by atoms with E-state index in [1.807, 2.05) is 6.07 Å². The number of carbonyl (C=O) groups excluding carboxylic acids is 1. The summed E-state index contributed by atoms with van der Waals surface area (Å²) in [5.74, 6) is -2.66. The van der Waals surface area contributed by atoms with Crippen molar-refractivity contribution in [3.63, 3.8) is 0 Å². The van der Waals surface area contributed by atoms with Crippen LogP contribution >= 0.6 is 39.3 Å². The predicted octanol–water partition coefficient (Wildman–Crippen LogP) is 7.88. The molecule has 13 heteroatoms. The summed E-state index contributed by atoms with van der Waals surface area (Å²) >= 11 is 8.69. The van der Waals surface area contributed by atoms with Crippen molar-refractivity contribution in [1.29, 1.82) is 5.26 Å². The fourth-order valence-electron chi connectivity index (χ4n) is 2.85. The van der Waals surface area contributed by atoms with Gasteiger partial charge in [-0.2, -0.15) is 18.4 Å². The van der Waals surface area contributed by atoms with Crippen LogP contribution in [0.2, 0.25) is 5.02 Å². The first-order valence-corrected chi connectivity index (χ1v) is 12.1. The Labute approximate surface area is 225 Å². The molecule has 1 amide bonds. The fourth-order valence-corrected chi connectivity index (χ4v) is 3.86. The van der Waals surface area contributed by atoms with E-state index in [9.17, 15) is 32.0 Å². The monoisotopic (exact) mass is 620 g/mol. The highest BCUT2D eigenvalue weighted by Gasteiger charge is 2.30. The van der Waals surface area contributed by atoms with Gasteiger partial charge in [-0.3, -0.25) is 4.79 Å². The van der Waals surface area contributed by atoms with Crippen LogP contribution < -0.4 is 14.8 Å². The maximum absolute atomic E-state index is 13.9. The van der Waals surface area contributed by atoms with Gasteiger partial charge in [0.1, 0.15) is 24.0 Å². The summed E-state index contributed by atoms with van der Waals surface area (Å²) in [5, 5.41) is 12.4. The van der Waals surface area contributed by atoms with Gasteiger partial charge in [-0.05, 0) is 71.0 Å². The largest absolute Gasteiger partial charge is 0.486 e. The minimum Gasteiger partial charge on any atom is -0.486 e. The van der Waals surface area contributed by atoms with Gasteiger partial charge in [0.15, 0.2) is 17.0 Å². The molecular weight excluding hydrogens is 607 g/mol. The van der Waals surface area contributed by atoms with E-state index < -0.39 is 35.2 Å². The third kappa shape index (κ3) is 7.99. The van der Waals surface area contributed by atoms with Gasteiger partial charge in [0.2, 0.25) is 0 Å². The topological polar surface area (TPSA) is 71.3 Å². The van der Waals surface area contributed by atoms with Gasteiger partial charge in [-0.15, -0.1) is 0 Å². The van der Waals surface area contributed by atoms with Crippen LogP contribution in [-0.2, 0) is 0 Å². The number of benzene rings is 3. The molecule has 3 aromatic rings. The first-order chi connectivity index (χ1) is 17.3. The molecule has 0 bridgehead atoms. The molecule has 0 spiro atoms. The van der Waals surface area contributed by atoms with Crippen LogP contribution in [0.15, 0.2) is 64.0 Å². The number of ether oxygens (including phenoxy) is 2. The lowest BCUT2D eigenvalue weighted by Gasteiger charge is -2.24. The standard InChI is InChI=1S/C24H15BrClF5N2O3S/c1-23(11-32,33-22(34)13-2-5-16(6-3-13)37-24(29,30)31)12-35-19-8-14(26)4-7-18(19)36-20-10-15(27)9-17(28)21(20)25/h2-10H,12H2,1H3,(H,33,34)/t23-/m0/s1. The van der Waals surface area contributed by atoms with Crippen LogP contribution in [-0.4, -0.2) is 23.6 Å². The van der Waals surface area contributed by atoms with E-state index in [-0.39, 0.29) is 49.0 Å². The van der Waals surface area contributed by atoms with Crippen LogP contribution in [0.3, 0.4) is 0 Å². The van der Waals surface area contributed by atoms with Crippen LogP contribution in [0.5, 0.6) is 17.2 Å². The molecule has 0 aliphatic carbocycles. The van der Waals surface area contributed by atoms with E-state index in [2.05, 4.69) is 21.2 Å². The molecule has 0 unspecified atom stereocenters. The van der Waals surface area contributed by atoms with Crippen molar-refractivity contribution in [2.24, 2.45) is 0 Å². The molecule has 0 aromatic heterocycles. The smallest absolute Gasteiger partial charge is 0.446 e. The minimum absolute atomic E-state index is 0.00771. The highest BCUT2D eigenvalue weighted by Crippen LogP contribution is 2.39. The molecule has 0 saturated heterocycles. The summed E-state index contributed by atoms with van der Waals surface area (Å²) in [6.07, 6.45) is 0. The number of nitriles is 1. The third-order valence-electron chi connectivity index (χ3n) is 4.59. The minimum atomic E-state index is -4.47. The molecule has 1 N–H and O–H groups in total. The van der Waals surface area contributed by atoms with Gasteiger partial charge in [0.05, 0.1) is 10.5 Å². The van der Waals surface area contributed by atoms with Crippen LogP contribution in [0, 0.1) is 23.0 Å². The average Bonchev–Trinajstić information content (AvgIpc) is 2.81. The molecule has 3 aromatic carbocycles. The van der Waals surface area contributed by atoms with E-state index in [4.69, 9.17) is 21.1 Å². The quantitative estimate of drug-likeness (QED) is 0.157. The fraction of sp³-hybridized carbons (Fsp3) is 0.167. The van der Waals surface area contributed by atoms with Crippen molar-refractivity contribution in [3.8, 4) is 23.3 Å². The Kier molecular flexibility index (Phi) is 8.94. The van der Waals surface area contributed by atoms with Crippen molar-refractivity contribution in [1.82, 2.24) is 5.32 Å². The molecular formula is C24H15BrClF5N2O3S. The molecule has 1 atom stereocenters. The number of thioether (sulfide) groups is 1. The number of nitrogens with one attached hydrogen (secondary N) is 1. The second-order valence-corrected chi connectivity index (χ2v) is 10.0. The first-order valence-electron chi connectivity index (χ1n) is 10.1. The molecule has 194 valence electrons. The lowest BCUT2D eigenvalue weighted by Crippen LogP contribution is -2.49. The number of halogens is 7. The summed E-state index contributed by atoms with van der Waals surface area (Å²) in [6, 6.07) is 12.4. The first kappa shape index (κ1) is 28.6. The van der Waals surface area contributed by atoms with Gasteiger partial charge < -0.3 is 14.8 Å². The number of alkyl halides is 3. The van der Waals surface area contributed by atoms with E-state index in [1.165, 1.54) is 37.3 Å². The highest BCUT2D eigenvalue weighted by molar-refractivity contribution is 9.10. The van der Waals surface area contributed by atoms with Crippen molar-refractivity contribution in [3.05, 3.63) is 81.3 Å². The Bertz CT molecular complexity index is 1350. The number of nitrogens with zero attached hydrogens (tertiary/aromatic N) is 1. The van der Waals surface area contributed by atoms with Gasteiger partial charge in [0.25, 0.3) is 5.91 Å². The van der Waals surface area contributed by atoms with Crippen LogP contribution in [0.25, 0.3) is 0 Å². The van der Waals surface area contributed by atoms with Crippen molar-refractivity contribution in [2.45, 2.75) is 22.9 Å². The van der Waals surface area contributed by atoms with Gasteiger partial charge in [-0.25, -0.2) is 8.78 Å². The lowest BCUT2D eigenvalue weighted by atomic mass is 10.1. The Morgan fingerprint density at radius 3 is 2.38 bits per heavy atom. The Morgan fingerprint density at radius 1 is 1.08 bits per heavy atom. The predicted molar refractivity (Wildman–Crippen MR) is 131 cm³/mol. The zero-order valence-electron chi connectivity index (χ0n) is 18.6. The summed E-state index contributed by atoms with van der Waals surface area (Å²) in [7, 11) is 0. The summed E-state index contributed by atoms with van der Waals surface area (Å²) < 4.78 is 76.2. The van der Waals surface area contributed by atoms with Gasteiger partial charge in [-0.1, -0.05) is 11.6 Å². The van der Waals surface area contributed by atoms with E-state index in [1.54, 1.807) is 0 Å². The molecule has 0 aliphatic rings. The zero-order chi connectivity index (χ0) is 27.4. The summed E-state index contributed by atoms with van der Waals surface area (Å²) in [5.41, 5.74) is -6.04. The van der Waals surface area contributed by atoms with Crippen LogP contribution in [0.1, 0.15) is 17.3 Å². The van der Waals surface area contributed by atoms with Crippen molar-refractivity contribution < 1.29 is 36.2 Å². The molecule has 0 fully saturated rings. The highest BCUT2D eigenvalue weighted by atomic mass is 79.9. The second kappa shape index (κ2) is 11.6. The molecule has 5 nitrogen and oxygen atoms in total. The van der Waals surface area contributed by atoms with Crippen molar-refractivity contribution >= 4 is 45.2 Å². The Hall–Kier alpha value is -3.01. The molecule has 3 rings (SSSR count). The second-order valence-electron chi connectivity index (χ2n) is 7.65. The zero-order valence-corrected chi connectivity index (χ0v) is 21.8. The molecule has 37 heavy (non-hydrogen) atoms. The molecule has 0 radical (unpaired) electrons. The summed E-state index contributed by atoms with van der Waals surface area (Å²) in [4.78, 5) is 12.5. The van der Waals surface area contributed by atoms with E-state index in [0.717, 1.165) is 18.2 Å². The van der Waals surface area contributed by atoms with Gasteiger partial charge >= 0.3 is 5.51 Å². The molecule has 0 heterocycles. The Balaban J connectivity index is 1.75. The molecule has 0 aliphatic heterocycles. The van der Waals surface area contributed by atoms with E-state index in [0.29, 0.717) is 6.07 Å². The maximum Gasteiger partial charge on any atom is 0.446 e. The number of hydrogen-bond donors (Lipinski definition) is 1. The van der Waals surface area contributed by atoms with E-state index >= 15 is 0 Å². The molecule has 0 saturated carbocycles. The number of hydrogen-bond acceptors (Lipinski definition) is 5. The third-order valence-corrected chi connectivity index (χ3v) is 6.33. The number of carbonyl (C=O) groups is 1. The lowest BCUT2D eigenvalue weighted by molar-refractivity contribution is -0.0328. The Morgan fingerprint density at radius 2 is 1.76 bits per heavy atom.